The fraction of sp³-hybridized carbons (Fsp3) is 0.667. The van der Waals surface area contributed by atoms with Gasteiger partial charge in [-0.1, -0.05) is 0 Å². The Morgan fingerprint density at radius 3 is 1.69 bits per heavy atom. The maximum atomic E-state index is 7.78. The third-order valence-corrected chi connectivity index (χ3v) is 2.05. The van der Waals surface area contributed by atoms with Crippen molar-refractivity contribution in [2.45, 2.75) is 20.8 Å². The average molecular weight is 246 g/mol. The monoisotopic (exact) mass is 245 g/mol. The highest BCUT2D eigenvalue weighted by Crippen LogP contribution is 1.92. The molecule has 74 valence electrons. The number of hydrogen-bond donors (Lipinski definition) is 1. The maximum Gasteiger partial charge on any atom is 0.114 e. The van der Waals surface area contributed by atoms with Crippen LogP contribution in [0.5, 0.6) is 0 Å². The molecule has 3 nitrogen and oxygen atoms in total. The first-order valence-electron chi connectivity index (χ1n) is 4.32. The molecule has 0 aromatic rings. The zero-order valence-corrected chi connectivity index (χ0v) is 9.98. The quantitative estimate of drug-likeness (QED) is 0.585. The van der Waals surface area contributed by atoms with Gasteiger partial charge in [0.15, 0.2) is 0 Å². The third kappa shape index (κ3) is 11.4. The van der Waals surface area contributed by atoms with Crippen molar-refractivity contribution in [3.05, 3.63) is 9.89 Å². The Labute approximate surface area is 88.7 Å². The van der Waals surface area contributed by atoms with Crippen LogP contribution >= 0.6 is 15.9 Å². The van der Waals surface area contributed by atoms with Crippen molar-refractivity contribution in [3.63, 3.8) is 0 Å². The van der Waals surface area contributed by atoms with Crippen LogP contribution in [-0.2, 0) is 0 Å². The highest BCUT2D eigenvalue weighted by atomic mass is 79.9. The summed E-state index contributed by atoms with van der Waals surface area (Å²) >= 11 is 2.67. The number of quaternary nitrogens is 1. The van der Waals surface area contributed by atoms with E-state index in [1.54, 1.807) is 16.8 Å². The lowest BCUT2D eigenvalue weighted by Gasteiger charge is -2.10. The molecule has 13 heavy (non-hydrogen) atoms. The van der Waals surface area contributed by atoms with Gasteiger partial charge in [0, 0.05) is 0 Å². The second-order valence-corrected chi connectivity index (χ2v) is 3.14. The molecule has 0 fully saturated rings. The summed E-state index contributed by atoms with van der Waals surface area (Å²) in [6.45, 7) is 10.5. The van der Waals surface area contributed by atoms with Gasteiger partial charge in [-0.25, -0.2) is 5.87 Å². The van der Waals surface area contributed by atoms with Crippen molar-refractivity contribution in [2.75, 3.05) is 19.6 Å². The molecule has 0 rings (SSSR count). The first kappa shape index (κ1) is 14.9. The molecule has 0 aromatic heterocycles. The third-order valence-electron chi connectivity index (χ3n) is 1.70. The van der Waals surface area contributed by atoms with E-state index in [9.17, 15) is 0 Å². The predicted molar refractivity (Wildman–Crippen MR) is 59.0 cm³/mol. The molecule has 0 saturated heterocycles. The second-order valence-electron chi connectivity index (χ2n) is 2.35. The number of rotatable bonds is 3. The van der Waals surface area contributed by atoms with Gasteiger partial charge in [-0.2, -0.15) is 5.26 Å². The van der Waals surface area contributed by atoms with Gasteiger partial charge in [0.25, 0.3) is 0 Å². The molecular weight excluding hydrogens is 230 g/mol. The van der Waals surface area contributed by atoms with E-state index in [-0.39, 0.29) is 4.48 Å². The zero-order valence-electron chi connectivity index (χ0n) is 8.39. The number of hydrogen-bond acceptors (Lipinski definition) is 1. The number of nitrogens with zero attached hydrogens (tertiary/aromatic N) is 2. The minimum atomic E-state index is 0.0162. The van der Waals surface area contributed by atoms with E-state index in [2.05, 4.69) is 36.7 Å². The lowest BCUT2D eigenvalue weighted by atomic mass is 10.5. The van der Waals surface area contributed by atoms with Crippen LogP contribution in [-0.4, -0.2) is 25.5 Å². The summed E-state index contributed by atoms with van der Waals surface area (Å²) < 4.78 is 0.0162. The van der Waals surface area contributed by atoms with Gasteiger partial charge in [0.2, 0.25) is 0 Å². The minimum absolute atomic E-state index is 0.0162. The number of nitrogens with one attached hydrogen (secondary N) is 1. The zero-order chi connectivity index (χ0) is 10.7. The van der Waals surface area contributed by atoms with E-state index in [4.69, 9.17) is 10.7 Å². The molecule has 4 heteroatoms. The van der Waals surface area contributed by atoms with Crippen LogP contribution in [0.2, 0.25) is 0 Å². The van der Waals surface area contributed by atoms with Crippen molar-refractivity contribution < 1.29 is 4.90 Å². The lowest BCUT2D eigenvalue weighted by molar-refractivity contribution is -0.894. The minimum Gasteiger partial charge on any atom is -0.762 e. The first-order valence-corrected chi connectivity index (χ1v) is 5.11. The summed E-state index contributed by atoms with van der Waals surface area (Å²) in [4.78, 5) is 1.68. The van der Waals surface area contributed by atoms with Crippen LogP contribution in [0.15, 0.2) is 4.48 Å². The molecule has 0 aromatic carbocycles. The summed E-state index contributed by atoms with van der Waals surface area (Å²) in [6, 6.07) is 1.59. The Morgan fingerprint density at radius 1 is 1.31 bits per heavy atom. The molecule has 0 saturated carbocycles. The molecule has 0 amide bonds. The molecule has 0 atom stereocenters. The van der Waals surface area contributed by atoms with Crippen LogP contribution < -0.4 is 4.90 Å². The Morgan fingerprint density at radius 2 is 1.69 bits per heavy atom. The van der Waals surface area contributed by atoms with Crippen molar-refractivity contribution in [3.8, 4) is 6.07 Å². The Bertz CT molecular complexity index is 192. The Balaban J connectivity index is 0. The lowest BCUT2D eigenvalue weighted by Crippen LogP contribution is -3.11. The van der Waals surface area contributed by atoms with E-state index >= 15 is 0 Å². The smallest absolute Gasteiger partial charge is 0.114 e. The fourth-order valence-electron chi connectivity index (χ4n) is 0.775. The summed E-state index contributed by atoms with van der Waals surface area (Å²) in [5.74, 6) is 1.59. The largest absolute Gasteiger partial charge is 0.762 e. The molecular formula is C9H16BrN3. The molecule has 1 N–H and O–H groups in total. The molecule has 0 aliphatic heterocycles. The van der Waals surface area contributed by atoms with Gasteiger partial charge in [0.1, 0.15) is 10.6 Å². The van der Waals surface area contributed by atoms with Gasteiger partial charge < -0.3 is 10.3 Å². The molecule has 0 unspecified atom stereocenters. The molecule has 0 heterocycles. The van der Waals surface area contributed by atoms with E-state index < -0.39 is 0 Å². The molecule has 0 aliphatic rings. The van der Waals surface area contributed by atoms with Gasteiger partial charge >= 0.3 is 0 Å². The molecule has 0 aliphatic carbocycles. The van der Waals surface area contributed by atoms with Gasteiger partial charge in [-0.3, -0.25) is 0 Å². The van der Waals surface area contributed by atoms with Gasteiger partial charge in [-0.05, 0) is 36.7 Å². The Kier molecular flexibility index (Phi) is 13.0. The second kappa shape index (κ2) is 11.4. The van der Waals surface area contributed by atoms with E-state index in [1.807, 2.05) is 0 Å². The van der Waals surface area contributed by atoms with Crippen LogP contribution in [0.3, 0.4) is 0 Å². The summed E-state index contributed by atoms with van der Waals surface area (Å²) in [5, 5.41) is 15.6. The van der Waals surface area contributed by atoms with Crippen LogP contribution in [0.4, 0.5) is 0 Å². The highest BCUT2D eigenvalue weighted by Gasteiger charge is 1.92. The summed E-state index contributed by atoms with van der Waals surface area (Å²) in [6.07, 6.45) is 0. The fourth-order valence-corrected chi connectivity index (χ4v) is 0.775. The Hall–Kier alpha value is -0.620. The highest BCUT2D eigenvalue weighted by molar-refractivity contribution is 9.12. The molecule has 0 spiro atoms. The maximum absolute atomic E-state index is 7.78. The molecule has 0 radical (unpaired) electrons. The SMILES string of the molecule is CC[NH+](CC)CC.N#CC(Br)=C=[N-]. The van der Waals surface area contributed by atoms with Crippen molar-refractivity contribution in [1.82, 2.24) is 0 Å². The summed E-state index contributed by atoms with van der Waals surface area (Å²) in [5.41, 5.74) is 0. The van der Waals surface area contributed by atoms with Gasteiger partial charge in [-0.15, -0.1) is 0 Å². The molecule has 0 bridgehead atoms. The van der Waals surface area contributed by atoms with Crippen molar-refractivity contribution >= 4 is 21.8 Å². The topological polar surface area (TPSA) is 50.5 Å². The normalized spacial score (nSPS) is 8.00. The first-order chi connectivity index (χ1) is 6.15. The van der Waals surface area contributed by atoms with Crippen molar-refractivity contribution in [2.24, 2.45) is 0 Å². The van der Waals surface area contributed by atoms with E-state index in [0.29, 0.717) is 0 Å². The average Bonchev–Trinajstić information content (AvgIpc) is 2.20. The summed E-state index contributed by atoms with van der Waals surface area (Å²) in [7, 11) is 0. The van der Waals surface area contributed by atoms with E-state index in [1.165, 1.54) is 19.6 Å². The van der Waals surface area contributed by atoms with Crippen molar-refractivity contribution in [1.29, 1.82) is 5.26 Å². The van der Waals surface area contributed by atoms with E-state index in [0.717, 1.165) is 0 Å². The predicted octanol–water partition coefficient (Wildman–Crippen LogP) is 0.959. The standard InChI is InChI=1S/C6H15N.C3BrN2/c1-4-7(5-2)6-3;4-3(1-5)2-6/h4-6H2,1-3H3;/q;-1/p+1. The van der Waals surface area contributed by atoms with Crippen LogP contribution in [0.25, 0.3) is 5.41 Å². The number of halogens is 1. The number of allylic oxidation sites excluding steroid dienone is 1. The van der Waals surface area contributed by atoms with Crippen LogP contribution in [0, 0.1) is 11.3 Å². The van der Waals surface area contributed by atoms with Gasteiger partial charge in [0.05, 0.1) is 19.6 Å². The van der Waals surface area contributed by atoms with Crippen LogP contribution in [0.1, 0.15) is 20.8 Å². The number of nitriles is 1.